The van der Waals surface area contributed by atoms with Gasteiger partial charge in [0, 0.05) is 51.0 Å². The zero-order valence-electron chi connectivity index (χ0n) is 47.2. The first kappa shape index (κ1) is 65.9. The van der Waals surface area contributed by atoms with Crippen molar-refractivity contribution in [2.75, 3.05) is 21.3 Å². The average molecular weight is 1480 g/mol. The molecule has 452 valence electrons. The van der Waals surface area contributed by atoms with E-state index in [-0.39, 0.29) is 68.9 Å². The van der Waals surface area contributed by atoms with Crippen molar-refractivity contribution in [2.45, 2.75) is 32.3 Å². The van der Waals surface area contributed by atoms with Crippen LogP contribution in [0.2, 0.25) is 5.02 Å². The Hall–Kier alpha value is -8.51. The lowest BCUT2D eigenvalue weighted by atomic mass is 10.1. The van der Waals surface area contributed by atoms with Gasteiger partial charge in [-0.2, -0.15) is 0 Å². The molecule has 0 saturated heterocycles. The normalized spacial score (nSPS) is 10.6. The predicted octanol–water partition coefficient (Wildman–Crippen LogP) is 19.7. The van der Waals surface area contributed by atoms with Crippen LogP contribution in [0.15, 0.2) is 250 Å². The maximum Gasteiger partial charge on any atom is 0.259 e. The van der Waals surface area contributed by atoms with E-state index in [9.17, 15) is 39.6 Å². The van der Waals surface area contributed by atoms with Crippen molar-refractivity contribution in [2.24, 2.45) is 0 Å². The van der Waals surface area contributed by atoms with E-state index < -0.39 is 0 Å². The Morgan fingerprint density at radius 3 is 1.29 bits per heavy atom. The standard InChI is InChI=1S/C20H13BrN2O2S2.C20H14N2O2S2.C14H11BrClNO2.C14H12BrNO2/c21-12-5-10-17(24)15(11-12)19(25)22-13-6-8-14(9-7-13)26-20-23-16-3-1-2-4-18(16)27-20;23-17-7-3-1-5-15(17)19(24)21-13-9-11-14(12-10-13)25-20-22-16-6-2-4-8-18(16)26-20;1-8-5-9(15)6-12(13(8)18)14(19)17-11-4-2-3-10(16)7-11;1-9-7-10(15)8-12(13(9)17)14(18)16-11-5-3-2-4-6-11/h1-11,24H,(H,22,25);1-12,23H,(H,21,24);2-7,18H,1H3,(H,17,19);2-8,17H,1H3,(H,16,18). The number of amides is 4. The van der Waals surface area contributed by atoms with E-state index in [0.717, 1.165) is 47.6 Å². The van der Waals surface area contributed by atoms with Gasteiger partial charge in [-0.3, -0.25) is 19.2 Å². The van der Waals surface area contributed by atoms with Crippen LogP contribution in [0.1, 0.15) is 52.6 Å². The summed E-state index contributed by atoms with van der Waals surface area (Å²) in [4.78, 5) is 60.1. The van der Waals surface area contributed by atoms with Crippen molar-refractivity contribution in [1.82, 2.24) is 9.97 Å². The number of phenolic OH excluding ortho intramolecular Hbond substituents is 4. The quantitative estimate of drug-likeness (QED) is 0.0572. The Balaban J connectivity index is 0.000000145. The average Bonchev–Trinajstić information content (AvgIpc) is 2.18. The summed E-state index contributed by atoms with van der Waals surface area (Å²) in [6, 6.07) is 65.1. The number of benzene rings is 10. The highest BCUT2D eigenvalue weighted by atomic mass is 79.9. The smallest absolute Gasteiger partial charge is 0.259 e. The van der Waals surface area contributed by atoms with Crippen LogP contribution in [-0.4, -0.2) is 54.0 Å². The first-order chi connectivity index (χ1) is 43.3. The van der Waals surface area contributed by atoms with Crippen LogP contribution in [0.3, 0.4) is 0 Å². The number of carbonyl (C=O) groups excluding carboxylic acids is 4. The molecule has 12 rings (SSSR count). The van der Waals surface area contributed by atoms with Gasteiger partial charge in [-0.15, -0.1) is 22.7 Å². The number of carbonyl (C=O) groups is 4. The number of rotatable bonds is 12. The lowest BCUT2D eigenvalue weighted by Gasteiger charge is -2.09. The summed E-state index contributed by atoms with van der Waals surface area (Å²) in [7, 11) is 0. The summed E-state index contributed by atoms with van der Waals surface area (Å²) in [5.74, 6) is -1.52. The first-order valence-corrected chi connectivity index (χ1v) is 32.9. The maximum atomic E-state index is 12.4. The third kappa shape index (κ3) is 18.3. The number of aryl methyl sites for hydroxylation is 2. The zero-order valence-corrected chi connectivity index (χ0v) is 56.0. The zero-order chi connectivity index (χ0) is 63.8. The Kier molecular flexibility index (Phi) is 22.9. The monoisotopic (exact) mass is 1480 g/mol. The molecule has 12 aromatic rings. The van der Waals surface area contributed by atoms with Crippen LogP contribution in [0, 0.1) is 13.8 Å². The van der Waals surface area contributed by atoms with E-state index in [1.807, 2.05) is 103 Å². The lowest BCUT2D eigenvalue weighted by molar-refractivity contribution is 0.101. The summed E-state index contributed by atoms with van der Waals surface area (Å²) in [6.07, 6.45) is 0. The number of nitrogens with one attached hydrogen (secondary N) is 4. The molecule has 0 aliphatic carbocycles. The van der Waals surface area contributed by atoms with Crippen molar-refractivity contribution >= 4 is 172 Å². The number of aromatic hydroxyl groups is 4. The van der Waals surface area contributed by atoms with Crippen molar-refractivity contribution in [1.29, 1.82) is 0 Å². The van der Waals surface area contributed by atoms with Crippen LogP contribution in [-0.2, 0) is 0 Å². The van der Waals surface area contributed by atoms with Crippen molar-refractivity contribution in [3.8, 4) is 23.0 Å². The summed E-state index contributed by atoms with van der Waals surface area (Å²) < 4.78 is 6.52. The lowest BCUT2D eigenvalue weighted by Crippen LogP contribution is -2.12. The molecule has 0 aliphatic rings. The van der Waals surface area contributed by atoms with Gasteiger partial charge in [0.15, 0.2) is 8.68 Å². The second-order valence-corrected chi connectivity index (χ2v) is 27.1. The van der Waals surface area contributed by atoms with Crippen LogP contribution < -0.4 is 21.3 Å². The Labute approximate surface area is 563 Å². The highest BCUT2D eigenvalue weighted by Gasteiger charge is 2.18. The van der Waals surface area contributed by atoms with Crippen LogP contribution in [0.4, 0.5) is 22.7 Å². The van der Waals surface area contributed by atoms with E-state index in [4.69, 9.17) is 11.6 Å². The molecule has 0 aliphatic heterocycles. The topological polar surface area (TPSA) is 223 Å². The third-order valence-electron chi connectivity index (χ3n) is 12.7. The van der Waals surface area contributed by atoms with Gasteiger partial charge in [-0.1, -0.05) is 144 Å². The Bertz CT molecular complexity index is 4500. The molecule has 0 radical (unpaired) electrons. The number of anilines is 4. The van der Waals surface area contributed by atoms with Crippen molar-refractivity contribution in [3.05, 3.63) is 270 Å². The van der Waals surface area contributed by atoms with Crippen LogP contribution >= 0.6 is 106 Å². The van der Waals surface area contributed by atoms with Gasteiger partial charge < -0.3 is 41.7 Å². The first-order valence-electron chi connectivity index (χ1n) is 26.9. The molecule has 2 aromatic heterocycles. The van der Waals surface area contributed by atoms with Gasteiger partial charge in [-0.05, 0) is 183 Å². The number of hydrogen-bond donors (Lipinski definition) is 8. The van der Waals surface area contributed by atoms with Crippen LogP contribution in [0.25, 0.3) is 20.4 Å². The molecule has 0 unspecified atom stereocenters. The number of para-hydroxylation sites is 4. The van der Waals surface area contributed by atoms with Gasteiger partial charge >= 0.3 is 0 Å². The van der Waals surface area contributed by atoms with Gasteiger partial charge in [0.2, 0.25) is 0 Å². The molecule has 0 bridgehead atoms. The van der Waals surface area contributed by atoms with E-state index in [1.54, 1.807) is 151 Å². The highest BCUT2D eigenvalue weighted by molar-refractivity contribution is 9.11. The minimum Gasteiger partial charge on any atom is -0.507 e. The fourth-order valence-electron chi connectivity index (χ4n) is 8.26. The molecule has 2 heterocycles. The molecule has 0 spiro atoms. The van der Waals surface area contributed by atoms with E-state index in [2.05, 4.69) is 91.2 Å². The van der Waals surface area contributed by atoms with E-state index in [0.29, 0.717) is 38.9 Å². The molecule has 0 atom stereocenters. The van der Waals surface area contributed by atoms with E-state index >= 15 is 0 Å². The molecular weight excluding hydrogens is 1430 g/mol. The fourth-order valence-corrected chi connectivity index (χ4v) is 14.0. The highest BCUT2D eigenvalue weighted by Crippen LogP contribution is 2.37. The number of fused-ring (bicyclic) bond motifs is 2. The minimum absolute atomic E-state index is 0.00614. The molecular formula is C68H50Br3ClN6O8S4. The van der Waals surface area contributed by atoms with E-state index in [1.165, 1.54) is 16.8 Å². The number of aromatic nitrogens is 2. The van der Waals surface area contributed by atoms with Gasteiger partial charge in [0.25, 0.3) is 23.6 Å². The SMILES string of the molecule is Cc1cc(Br)cc(C(=O)Nc2cccc(Cl)c2)c1O.Cc1cc(Br)cc(C(=O)Nc2ccccc2)c1O.O=C(Nc1ccc(Sc2nc3ccccc3s2)cc1)c1cc(Br)ccc1O.O=C(Nc1ccc(Sc2nc3ccccc3s2)cc1)c1ccccc1O. The molecule has 0 fully saturated rings. The summed E-state index contributed by atoms with van der Waals surface area (Å²) in [5.41, 5.74) is 6.84. The number of phenols is 4. The fraction of sp³-hybridized carbons (Fsp3) is 0.0294. The maximum absolute atomic E-state index is 12.4. The third-order valence-corrected chi connectivity index (χ3v) is 18.5. The van der Waals surface area contributed by atoms with Crippen molar-refractivity contribution < 1.29 is 39.6 Å². The van der Waals surface area contributed by atoms with Gasteiger partial charge in [0.05, 0.1) is 42.7 Å². The molecule has 0 saturated carbocycles. The summed E-state index contributed by atoms with van der Waals surface area (Å²) in [5, 5.41) is 51.0. The summed E-state index contributed by atoms with van der Waals surface area (Å²) in [6.45, 7) is 3.48. The molecule has 10 aromatic carbocycles. The number of hydrogen-bond acceptors (Lipinski definition) is 14. The molecule has 8 N–H and O–H groups in total. The number of halogens is 4. The largest absolute Gasteiger partial charge is 0.507 e. The minimum atomic E-state index is -0.385. The van der Waals surface area contributed by atoms with Gasteiger partial charge in [0.1, 0.15) is 23.0 Å². The number of thiazole rings is 2. The Morgan fingerprint density at radius 2 is 0.800 bits per heavy atom. The predicted molar refractivity (Wildman–Crippen MR) is 375 cm³/mol. The molecule has 22 heteroatoms. The second-order valence-electron chi connectivity index (χ2n) is 19.3. The molecule has 14 nitrogen and oxygen atoms in total. The second kappa shape index (κ2) is 31.3. The molecule has 90 heavy (non-hydrogen) atoms. The van der Waals surface area contributed by atoms with Crippen molar-refractivity contribution in [3.63, 3.8) is 0 Å². The Morgan fingerprint density at radius 1 is 0.400 bits per heavy atom. The van der Waals surface area contributed by atoms with Crippen LogP contribution in [0.5, 0.6) is 23.0 Å². The summed E-state index contributed by atoms with van der Waals surface area (Å²) >= 11 is 22.3. The molecule has 4 amide bonds. The number of nitrogens with zero attached hydrogens (tertiary/aromatic N) is 2. The van der Waals surface area contributed by atoms with Gasteiger partial charge in [-0.25, -0.2) is 9.97 Å².